The highest BCUT2D eigenvalue weighted by molar-refractivity contribution is 5.96. The first-order valence-corrected chi connectivity index (χ1v) is 12.9. The first-order chi connectivity index (χ1) is 18.1. The Bertz CT molecular complexity index is 1240. The first kappa shape index (κ1) is 25.0. The van der Waals surface area contributed by atoms with E-state index in [1.54, 1.807) is 6.20 Å². The van der Waals surface area contributed by atoms with Gasteiger partial charge in [0.2, 0.25) is 5.95 Å². The number of rotatable bonds is 10. The summed E-state index contributed by atoms with van der Waals surface area (Å²) in [5.41, 5.74) is 5.46. The summed E-state index contributed by atoms with van der Waals surface area (Å²) in [7, 11) is 0. The molecule has 4 N–H and O–H groups in total. The van der Waals surface area contributed by atoms with Gasteiger partial charge in [0, 0.05) is 49.3 Å². The highest BCUT2D eigenvalue weighted by Gasteiger charge is 2.22. The molecule has 0 unspecified atom stereocenters. The largest absolute Gasteiger partial charge is 0.392 e. The standard InChI is InChI=1S/C28H34N6O3/c1-19-2-3-21(18-35)12-23(19)17-30-26-6-7-29-28(33-26)32-24-13-22(27(36)31-16-20-4-5-20)14-25(15-24)34-8-10-37-11-9-34/h2-3,6-7,12-15,20,35H,4-5,8-11,16-18H2,1H3,(H,31,36)(H2,29,30,32,33). The molecule has 2 fully saturated rings. The van der Waals surface area contributed by atoms with Crippen molar-refractivity contribution >= 4 is 29.0 Å². The number of aliphatic hydroxyl groups is 1. The molecule has 1 aliphatic carbocycles. The monoisotopic (exact) mass is 502 g/mol. The molecule has 0 spiro atoms. The minimum Gasteiger partial charge on any atom is -0.392 e. The van der Waals surface area contributed by atoms with Crippen LogP contribution >= 0.6 is 0 Å². The van der Waals surface area contributed by atoms with Gasteiger partial charge in [-0.3, -0.25) is 4.79 Å². The number of aliphatic hydroxyl groups excluding tert-OH is 1. The van der Waals surface area contributed by atoms with E-state index in [4.69, 9.17) is 4.74 Å². The number of anilines is 4. The van der Waals surface area contributed by atoms with Crippen molar-refractivity contribution in [1.29, 1.82) is 0 Å². The summed E-state index contributed by atoms with van der Waals surface area (Å²) >= 11 is 0. The quantitative estimate of drug-likeness (QED) is 0.333. The van der Waals surface area contributed by atoms with Crippen molar-refractivity contribution in [2.45, 2.75) is 32.9 Å². The fourth-order valence-electron chi connectivity index (χ4n) is 4.33. The van der Waals surface area contributed by atoms with Crippen LogP contribution in [0.25, 0.3) is 0 Å². The lowest BCUT2D eigenvalue weighted by molar-refractivity contribution is 0.0952. The van der Waals surface area contributed by atoms with Gasteiger partial charge in [-0.25, -0.2) is 4.98 Å². The van der Waals surface area contributed by atoms with Crippen molar-refractivity contribution in [2.24, 2.45) is 5.92 Å². The number of morpholine rings is 1. The Morgan fingerprint density at radius 3 is 2.76 bits per heavy atom. The van der Waals surface area contributed by atoms with Crippen LogP contribution in [-0.4, -0.2) is 53.8 Å². The summed E-state index contributed by atoms with van der Waals surface area (Å²) in [4.78, 5) is 24.2. The molecule has 37 heavy (non-hydrogen) atoms. The van der Waals surface area contributed by atoms with Crippen LogP contribution in [-0.2, 0) is 17.9 Å². The molecule has 2 aromatic carbocycles. The van der Waals surface area contributed by atoms with E-state index in [2.05, 4.69) is 30.8 Å². The highest BCUT2D eigenvalue weighted by atomic mass is 16.5. The molecule has 5 rings (SSSR count). The smallest absolute Gasteiger partial charge is 0.251 e. The second-order valence-corrected chi connectivity index (χ2v) is 9.68. The van der Waals surface area contributed by atoms with Crippen LogP contribution < -0.4 is 20.9 Å². The summed E-state index contributed by atoms with van der Waals surface area (Å²) in [6, 6.07) is 13.6. The molecule has 1 saturated heterocycles. The lowest BCUT2D eigenvalue weighted by atomic mass is 10.1. The Morgan fingerprint density at radius 2 is 1.97 bits per heavy atom. The third-order valence-electron chi connectivity index (χ3n) is 6.77. The second-order valence-electron chi connectivity index (χ2n) is 9.68. The first-order valence-electron chi connectivity index (χ1n) is 12.9. The number of amides is 1. The zero-order valence-electron chi connectivity index (χ0n) is 21.2. The summed E-state index contributed by atoms with van der Waals surface area (Å²) in [5.74, 6) is 1.66. The Balaban J connectivity index is 1.32. The van der Waals surface area contributed by atoms with Crippen LogP contribution in [0.15, 0.2) is 48.7 Å². The molecular formula is C28H34N6O3. The number of hydrogen-bond donors (Lipinski definition) is 4. The van der Waals surface area contributed by atoms with Gasteiger partial charge in [0.15, 0.2) is 0 Å². The van der Waals surface area contributed by atoms with Gasteiger partial charge < -0.3 is 30.7 Å². The van der Waals surface area contributed by atoms with Crippen molar-refractivity contribution in [3.05, 3.63) is 70.9 Å². The van der Waals surface area contributed by atoms with Gasteiger partial charge in [-0.1, -0.05) is 18.2 Å². The molecule has 1 amide bonds. The maximum atomic E-state index is 12.9. The Hall–Kier alpha value is -3.69. The maximum Gasteiger partial charge on any atom is 0.251 e. The fourth-order valence-corrected chi connectivity index (χ4v) is 4.33. The highest BCUT2D eigenvalue weighted by Crippen LogP contribution is 2.29. The summed E-state index contributed by atoms with van der Waals surface area (Å²) < 4.78 is 5.51. The van der Waals surface area contributed by atoms with Crippen LogP contribution in [0.3, 0.4) is 0 Å². The zero-order valence-corrected chi connectivity index (χ0v) is 21.2. The van der Waals surface area contributed by atoms with Crippen molar-refractivity contribution in [3.63, 3.8) is 0 Å². The Kier molecular flexibility index (Phi) is 7.82. The molecule has 1 aliphatic heterocycles. The number of carbonyl (C=O) groups is 1. The van der Waals surface area contributed by atoms with E-state index in [1.807, 2.05) is 49.4 Å². The average molecular weight is 503 g/mol. The minimum absolute atomic E-state index is 0.0129. The van der Waals surface area contributed by atoms with Gasteiger partial charge in [0.25, 0.3) is 5.91 Å². The Morgan fingerprint density at radius 1 is 1.14 bits per heavy atom. The van der Waals surface area contributed by atoms with E-state index in [0.717, 1.165) is 47.7 Å². The molecule has 194 valence electrons. The lowest BCUT2D eigenvalue weighted by Crippen LogP contribution is -2.36. The molecular weight excluding hydrogens is 468 g/mol. The van der Waals surface area contributed by atoms with Gasteiger partial charge in [0.05, 0.1) is 19.8 Å². The van der Waals surface area contributed by atoms with E-state index < -0.39 is 0 Å². The molecule has 9 heteroatoms. The minimum atomic E-state index is -0.0677. The molecule has 2 aliphatic rings. The molecule has 1 saturated carbocycles. The van der Waals surface area contributed by atoms with E-state index in [0.29, 0.717) is 43.0 Å². The van der Waals surface area contributed by atoms with Crippen molar-refractivity contribution in [1.82, 2.24) is 15.3 Å². The molecule has 3 aromatic rings. The predicted molar refractivity (Wildman–Crippen MR) is 144 cm³/mol. The molecule has 1 aromatic heterocycles. The van der Waals surface area contributed by atoms with Gasteiger partial charge in [-0.15, -0.1) is 0 Å². The van der Waals surface area contributed by atoms with Gasteiger partial charge in [-0.05, 0) is 66.6 Å². The lowest BCUT2D eigenvalue weighted by Gasteiger charge is -2.29. The van der Waals surface area contributed by atoms with E-state index in [-0.39, 0.29) is 12.5 Å². The second kappa shape index (κ2) is 11.6. The topological polar surface area (TPSA) is 112 Å². The SMILES string of the molecule is Cc1ccc(CO)cc1CNc1ccnc(Nc2cc(C(=O)NCC3CC3)cc(N3CCOCC3)c2)n1. The summed E-state index contributed by atoms with van der Waals surface area (Å²) in [5, 5.41) is 19.2. The van der Waals surface area contributed by atoms with Crippen LogP contribution in [0.2, 0.25) is 0 Å². The average Bonchev–Trinajstić information content (AvgIpc) is 3.76. The number of benzene rings is 2. The van der Waals surface area contributed by atoms with Crippen LogP contribution in [0.1, 0.15) is 39.9 Å². The normalized spacial score (nSPS) is 15.4. The summed E-state index contributed by atoms with van der Waals surface area (Å²) in [6.07, 6.45) is 4.08. The van der Waals surface area contributed by atoms with Gasteiger partial charge >= 0.3 is 0 Å². The molecule has 9 nitrogen and oxygen atoms in total. The number of aryl methyl sites for hydroxylation is 1. The maximum absolute atomic E-state index is 12.9. The molecule has 0 atom stereocenters. The molecule has 2 heterocycles. The van der Waals surface area contributed by atoms with Gasteiger partial charge in [-0.2, -0.15) is 4.98 Å². The Labute approximate surface area is 217 Å². The number of carbonyl (C=O) groups excluding carboxylic acids is 1. The van der Waals surface area contributed by atoms with E-state index in [1.165, 1.54) is 12.8 Å². The van der Waals surface area contributed by atoms with Gasteiger partial charge in [0.1, 0.15) is 5.82 Å². The van der Waals surface area contributed by atoms with E-state index in [9.17, 15) is 9.90 Å². The third-order valence-corrected chi connectivity index (χ3v) is 6.77. The number of hydrogen-bond acceptors (Lipinski definition) is 8. The third kappa shape index (κ3) is 6.75. The van der Waals surface area contributed by atoms with Crippen LogP contribution in [0.5, 0.6) is 0 Å². The van der Waals surface area contributed by atoms with Crippen molar-refractivity contribution in [2.75, 3.05) is 48.4 Å². The van der Waals surface area contributed by atoms with Crippen LogP contribution in [0.4, 0.5) is 23.1 Å². The number of ether oxygens (including phenoxy) is 1. The fraction of sp³-hybridized carbons (Fsp3) is 0.393. The van der Waals surface area contributed by atoms with E-state index >= 15 is 0 Å². The number of nitrogens with one attached hydrogen (secondary N) is 3. The molecule has 0 bridgehead atoms. The number of nitrogens with zero attached hydrogens (tertiary/aromatic N) is 3. The van der Waals surface area contributed by atoms with Crippen molar-refractivity contribution < 1.29 is 14.6 Å². The zero-order chi connectivity index (χ0) is 25.6. The molecule has 0 radical (unpaired) electrons. The summed E-state index contributed by atoms with van der Waals surface area (Å²) in [6.45, 7) is 6.24. The predicted octanol–water partition coefficient (Wildman–Crippen LogP) is 3.61. The van der Waals surface area contributed by atoms with Crippen LogP contribution in [0, 0.1) is 12.8 Å². The number of aromatic nitrogens is 2. The van der Waals surface area contributed by atoms with Crippen molar-refractivity contribution in [3.8, 4) is 0 Å².